The van der Waals surface area contributed by atoms with E-state index in [1.807, 2.05) is 13.8 Å². The molecule has 178 valence electrons. The van der Waals surface area contributed by atoms with E-state index < -0.39 is 23.0 Å². The number of carbonyl (C=O) groups excluding carboxylic acids is 1. The first-order valence-electron chi connectivity index (χ1n) is 11.3. The molecule has 1 aliphatic carbocycles. The van der Waals surface area contributed by atoms with Crippen LogP contribution in [0.5, 0.6) is 0 Å². The SMILES string of the molecule is CC1(C)COCCC1C(=O)Nc1c(-c2cc(F)ccc2F)ccnc1C1CCC(F)(F)CC1. The first-order chi connectivity index (χ1) is 15.6. The van der Waals surface area contributed by atoms with E-state index in [4.69, 9.17) is 4.74 Å². The maximum Gasteiger partial charge on any atom is 0.248 e. The van der Waals surface area contributed by atoms with Gasteiger partial charge < -0.3 is 10.1 Å². The Morgan fingerprint density at radius 1 is 1.09 bits per heavy atom. The lowest BCUT2D eigenvalue weighted by Gasteiger charge is -2.37. The third-order valence-corrected chi connectivity index (χ3v) is 6.84. The third kappa shape index (κ3) is 5.05. The van der Waals surface area contributed by atoms with Gasteiger partial charge in [0.1, 0.15) is 11.6 Å². The van der Waals surface area contributed by atoms with E-state index in [2.05, 4.69) is 10.3 Å². The number of benzene rings is 1. The molecule has 1 saturated heterocycles. The summed E-state index contributed by atoms with van der Waals surface area (Å²) in [7, 11) is 0. The Hall–Kier alpha value is -2.48. The molecule has 1 aromatic carbocycles. The van der Waals surface area contributed by atoms with Crippen LogP contribution in [0.1, 0.15) is 57.6 Å². The predicted octanol–water partition coefficient (Wildman–Crippen LogP) is 6.32. The van der Waals surface area contributed by atoms with Gasteiger partial charge in [-0.15, -0.1) is 0 Å². The summed E-state index contributed by atoms with van der Waals surface area (Å²) in [5, 5.41) is 2.93. The van der Waals surface area contributed by atoms with E-state index in [0.717, 1.165) is 18.2 Å². The minimum atomic E-state index is -2.72. The van der Waals surface area contributed by atoms with Gasteiger partial charge in [-0.1, -0.05) is 13.8 Å². The van der Waals surface area contributed by atoms with Crippen molar-refractivity contribution >= 4 is 11.6 Å². The molecule has 1 unspecified atom stereocenters. The van der Waals surface area contributed by atoms with E-state index in [-0.39, 0.29) is 60.2 Å². The lowest BCUT2D eigenvalue weighted by atomic mass is 9.75. The van der Waals surface area contributed by atoms with E-state index >= 15 is 0 Å². The zero-order chi connectivity index (χ0) is 23.8. The zero-order valence-corrected chi connectivity index (χ0v) is 18.8. The number of rotatable bonds is 4. The van der Waals surface area contributed by atoms with Crippen molar-refractivity contribution < 1.29 is 27.1 Å². The monoisotopic (exact) mass is 464 g/mol. The molecule has 2 heterocycles. The van der Waals surface area contributed by atoms with Gasteiger partial charge in [0.2, 0.25) is 11.8 Å². The van der Waals surface area contributed by atoms with Crippen LogP contribution in [0.15, 0.2) is 30.5 Å². The van der Waals surface area contributed by atoms with Crippen LogP contribution in [-0.4, -0.2) is 30.0 Å². The number of nitrogens with one attached hydrogen (secondary N) is 1. The number of hydrogen-bond acceptors (Lipinski definition) is 3. The highest BCUT2D eigenvalue weighted by Crippen LogP contribution is 2.45. The van der Waals surface area contributed by atoms with Gasteiger partial charge in [0.25, 0.3) is 0 Å². The van der Waals surface area contributed by atoms with Gasteiger partial charge in [-0.25, -0.2) is 17.6 Å². The quantitative estimate of drug-likeness (QED) is 0.539. The Morgan fingerprint density at radius 3 is 2.52 bits per heavy atom. The maximum absolute atomic E-state index is 14.7. The Balaban J connectivity index is 1.76. The average molecular weight is 465 g/mol. The summed E-state index contributed by atoms with van der Waals surface area (Å²) in [6.07, 6.45) is 1.81. The van der Waals surface area contributed by atoms with Gasteiger partial charge in [-0.05, 0) is 48.9 Å². The number of anilines is 1. The highest BCUT2D eigenvalue weighted by Gasteiger charge is 2.40. The molecule has 4 nitrogen and oxygen atoms in total. The smallest absolute Gasteiger partial charge is 0.248 e. The number of ether oxygens (including phenoxy) is 1. The van der Waals surface area contributed by atoms with Gasteiger partial charge in [-0.3, -0.25) is 9.78 Å². The normalized spacial score (nSPS) is 22.7. The van der Waals surface area contributed by atoms with Crippen LogP contribution in [0.3, 0.4) is 0 Å². The fourth-order valence-corrected chi connectivity index (χ4v) is 4.88. The summed E-state index contributed by atoms with van der Waals surface area (Å²) in [4.78, 5) is 17.8. The van der Waals surface area contributed by atoms with E-state index in [9.17, 15) is 22.4 Å². The minimum absolute atomic E-state index is 0.0127. The second-order valence-corrected chi connectivity index (χ2v) is 9.74. The highest BCUT2D eigenvalue weighted by atomic mass is 19.3. The topological polar surface area (TPSA) is 51.2 Å². The molecular formula is C25H28F4N2O2. The predicted molar refractivity (Wildman–Crippen MR) is 117 cm³/mol. The van der Waals surface area contributed by atoms with Crippen molar-refractivity contribution in [3.8, 4) is 11.1 Å². The second kappa shape index (κ2) is 9.05. The Kier molecular flexibility index (Phi) is 6.49. The maximum atomic E-state index is 14.7. The van der Waals surface area contributed by atoms with Gasteiger partial charge in [0, 0.05) is 48.6 Å². The van der Waals surface area contributed by atoms with Gasteiger partial charge in [0.05, 0.1) is 18.0 Å². The van der Waals surface area contributed by atoms with Crippen molar-refractivity contribution in [2.24, 2.45) is 11.3 Å². The summed E-state index contributed by atoms with van der Waals surface area (Å²) in [5.74, 6) is -4.94. The zero-order valence-electron chi connectivity index (χ0n) is 18.8. The number of hydrogen-bond donors (Lipinski definition) is 1. The summed E-state index contributed by atoms with van der Waals surface area (Å²) in [6, 6.07) is 4.63. The average Bonchev–Trinajstić information content (AvgIpc) is 2.75. The molecule has 0 bridgehead atoms. The lowest BCUT2D eigenvalue weighted by molar-refractivity contribution is -0.130. The van der Waals surface area contributed by atoms with Crippen molar-refractivity contribution in [3.63, 3.8) is 0 Å². The largest absolute Gasteiger partial charge is 0.381 e. The van der Waals surface area contributed by atoms with Crippen LogP contribution in [0.4, 0.5) is 23.2 Å². The number of aromatic nitrogens is 1. The first-order valence-corrected chi connectivity index (χ1v) is 11.3. The van der Waals surface area contributed by atoms with E-state index in [1.54, 1.807) is 0 Å². The summed E-state index contributed by atoms with van der Waals surface area (Å²) in [5.41, 5.74) is 0.560. The molecule has 0 radical (unpaired) electrons. The molecule has 1 aromatic heterocycles. The molecule has 1 N–H and O–H groups in total. The molecule has 2 fully saturated rings. The Morgan fingerprint density at radius 2 is 1.82 bits per heavy atom. The molecule has 1 aliphatic heterocycles. The fourth-order valence-electron chi connectivity index (χ4n) is 4.88. The van der Waals surface area contributed by atoms with E-state index in [0.29, 0.717) is 25.3 Å². The van der Waals surface area contributed by atoms with Crippen LogP contribution < -0.4 is 5.32 Å². The van der Waals surface area contributed by atoms with Crippen LogP contribution in [-0.2, 0) is 9.53 Å². The van der Waals surface area contributed by atoms with Crippen LogP contribution >= 0.6 is 0 Å². The Labute approximate surface area is 190 Å². The molecule has 1 amide bonds. The molecule has 2 aromatic rings. The van der Waals surface area contributed by atoms with Crippen LogP contribution in [0, 0.1) is 23.0 Å². The summed E-state index contributed by atoms with van der Waals surface area (Å²) < 4.78 is 61.8. The molecule has 1 saturated carbocycles. The number of halogens is 4. The molecule has 33 heavy (non-hydrogen) atoms. The van der Waals surface area contributed by atoms with Crippen molar-refractivity contribution in [1.82, 2.24) is 4.98 Å². The lowest BCUT2D eigenvalue weighted by Crippen LogP contribution is -2.42. The molecule has 4 rings (SSSR count). The number of alkyl halides is 2. The van der Waals surface area contributed by atoms with Crippen molar-refractivity contribution in [2.75, 3.05) is 18.5 Å². The van der Waals surface area contributed by atoms with Gasteiger partial charge in [-0.2, -0.15) is 0 Å². The molecule has 8 heteroatoms. The number of carbonyl (C=O) groups is 1. The Bertz CT molecular complexity index is 1030. The van der Waals surface area contributed by atoms with Crippen LogP contribution in [0.25, 0.3) is 11.1 Å². The number of nitrogens with zero attached hydrogens (tertiary/aromatic N) is 1. The number of amides is 1. The van der Waals surface area contributed by atoms with Gasteiger partial charge in [0.15, 0.2) is 0 Å². The molecule has 2 aliphatic rings. The summed E-state index contributed by atoms with van der Waals surface area (Å²) >= 11 is 0. The third-order valence-electron chi connectivity index (χ3n) is 6.84. The fraction of sp³-hybridized carbons (Fsp3) is 0.520. The highest BCUT2D eigenvalue weighted by molar-refractivity contribution is 5.98. The van der Waals surface area contributed by atoms with Crippen molar-refractivity contribution in [2.45, 2.75) is 57.8 Å². The summed E-state index contributed by atoms with van der Waals surface area (Å²) in [6.45, 7) is 4.76. The van der Waals surface area contributed by atoms with Crippen molar-refractivity contribution in [3.05, 3.63) is 47.8 Å². The second-order valence-electron chi connectivity index (χ2n) is 9.74. The standard InChI is InChI=1S/C25H28F4N2O2/c1-24(2)14-33-12-8-19(24)23(32)31-22-17(18-13-16(26)3-4-20(18)27)7-11-30-21(22)15-5-9-25(28,29)10-6-15/h3-4,7,11,13,15,19H,5-6,8-10,12,14H2,1-2H3,(H,31,32). The van der Waals surface area contributed by atoms with E-state index in [1.165, 1.54) is 12.3 Å². The van der Waals surface area contributed by atoms with Gasteiger partial charge >= 0.3 is 0 Å². The van der Waals surface area contributed by atoms with Crippen LogP contribution in [0.2, 0.25) is 0 Å². The minimum Gasteiger partial charge on any atom is -0.381 e. The van der Waals surface area contributed by atoms with Crippen molar-refractivity contribution in [1.29, 1.82) is 0 Å². The number of pyridine rings is 1. The molecular weight excluding hydrogens is 436 g/mol. The molecule has 1 atom stereocenters. The molecule has 0 spiro atoms. The first kappa shape index (κ1) is 23.7.